The summed E-state index contributed by atoms with van der Waals surface area (Å²) in [5, 5.41) is 3.63. The van der Waals surface area contributed by atoms with E-state index in [-0.39, 0.29) is 5.54 Å². The molecule has 2 nitrogen and oxygen atoms in total. The highest BCUT2D eigenvalue weighted by Gasteiger charge is 2.29. The average molecular weight is 171 g/mol. The lowest BCUT2D eigenvalue weighted by Gasteiger charge is -2.30. The smallest absolute Gasteiger partial charge is 0.0697 e. The Morgan fingerprint density at radius 2 is 2.17 bits per heavy atom. The van der Waals surface area contributed by atoms with Gasteiger partial charge in [-0.2, -0.15) is 0 Å². The molecular weight excluding hydrogens is 150 g/mol. The van der Waals surface area contributed by atoms with E-state index in [9.17, 15) is 0 Å². The fourth-order valence-corrected chi connectivity index (χ4v) is 1.63. The van der Waals surface area contributed by atoms with Crippen LogP contribution in [0.4, 0.5) is 0 Å². The van der Waals surface area contributed by atoms with Crippen molar-refractivity contribution in [2.75, 3.05) is 6.61 Å². The Hall–Kier alpha value is -0.0800. The number of rotatable bonds is 1. The summed E-state index contributed by atoms with van der Waals surface area (Å²) in [5.74, 6) is 0. The van der Waals surface area contributed by atoms with Gasteiger partial charge in [0.05, 0.1) is 6.10 Å². The minimum atomic E-state index is 0.282. The number of ether oxygens (including phenoxy) is 1. The fraction of sp³-hybridized carbons (Fsp3) is 1.00. The van der Waals surface area contributed by atoms with Crippen LogP contribution < -0.4 is 5.32 Å². The van der Waals surface area contributed by atoms with Crippen LogP contribution in [-0.2, 0) is 4.74 Å². The van der Waals surface area contributed by atoms with Gasteiger partial charge in [-0.1, -0.05) is 6.92 Å². The first-order valence-corrected chi connectivity index (χ1v) is 4.97. The summed E-state index contributed by atoms with van der Waals surface area (Å²) < 4.78 is 5.65. The predicted molar refractivity (Wildman–Crippen MR) is 51.3 cm³/mol. The van der Waals surface area contributed by atoms with Gasteiger partial charge in [-0.05, 0) is 33.6 Å². The van der Waals surface area contributed by atoms with Gasteiger partial charge in [0.2, 0.25) is 0 Å². The molecule has 0 bridgehead atoms. The lowest BCUT2D eigenvalue weighted by atomic mass is 9.94. The van der Waals surface area contributed by atoms with Crippen molar-refractivity contribution in [3.05, 3.63) is 0 Å². The van der Waals surface area contributed by atoms with E-state index in [1.807, 2.05) is 0 Å². The maximum absolute atomic E-state index is 5.65. The van der Waals surface area contributed by atoms with Gasteiger partial charge in [0, 0.05) is 18.2 Å². The lowest BCUT2D eigenvalue weighted by molar-refractivity contribution is 0.0602. The quantitative estimate of drug-likeness (QED) is 0.651. The van der Waals surface area contributed by atoms with E-state index >= 15 is 0 Å². The summed E-state index contributed by atoms with van der Waals surface area (Å²) in [6.45, 7) is 9.74. The molecular formula is C10H21NO. The van der Waals surface area contributed by atoms with E-state index in [1.54, 1.807) is 0 Å². The van der Waals surface area contributed by atoms with Gasteiger partial charge < -0.3 is 10.1 Å². The monoisotopic (exact) mass is 171 g/mol. The maximum atomic E-state index is 5.65. The molecule has 1 rings (SSSR count). The molecule has 1 aliphatic heterocycles. The molecule has 1 fully saturated rings. The topological polar surface area (TPSA) is 21.3 Å². The molecule has 2 heteroatoms. The molecule has 0 spiro atoms. The largest absolute Gasteiger partial charge is 0.377 e. The summed E-state index contributed by atoms with van der Waals surface area (Å²) in [4.78, 5) is 0. The molecule has 0 aromatic carbocycles. The van der Waals surface area contributed by atoms with Gasteiger partial charge in [0.25, 0.3) is 0 Å². The van der Waals surface area contributed by atoms with Gasteiger partial charge >= 0.3 is 0 Å². The van der Waals surface area contributed by atoms with Crippen molar-refractivity contribution >= 4 is 0 Å². The molecule has 0 aliphatic carbocycles. The van der Waals surface area contributed by atoms with Gasteiger partial charge in [0.15, 0.2) is 0 Å². The fourth-order valence-electron chi connectivity index (χ4n) is 1.63. The zero-order valence-electron chi connectivity index (χ0n) is 8.68. The average Bonchev–Trinajstić information content (AvgIpc) is 2.14. The Balaban J connectivity index is 2.59. The second-order valence-electron chi connectivity index (χ2n) is 4.17. The minimum Gasteiger partial charge on any atom is -0.377 e. The standard InChI is InChI=1S/C10H21NO/c1-5-10(4)6-7-12-9(3)8(2)11-10/h8-9,11H,5-7H2,1-4H3. The molecule has 3 unspecified atom stereocenters. The van der Waals surface area contributed by atoms with Crippen LogP contribution in [0, 0.1) is 0 Å². The zero-order valence-corrected chi connectivity index (χ0v) is 8.68. The van der Waals surface area contributed by atoms with Crippen LogP contribution in [0.1, 0.15) is 40.5 Å². The lowest BCUT2D eigenvalue weighted by Crippen LogP contribution is -2.48. The Morgan fingerprint density at radius 1 is 1.50 bits per heavy atom. The molecule has 3 atom stereocenters. The second kappa shape index (κ2) is 3.75. The molecule has 1 N–H and O–H groups in total. The third-order valence-corrected chi connectivity index (χ3v) is 3.10. The van der Waals surface area contributed by atoms with E-state index in [4.69, 9.17) is 4.74 Å². The minimum absolute atomic E-state index is 0.282. The molecule has 12 heavy (non-hydrogen) atoms. The predicted octanol–water partition coefficient (Wildman–Crippen LogP) is 1.94. The van der Waals surface area contributed by atoms with Crippen molar-refractivity contribution < 1.29 is 4.74 Å². The molecule has 1 saturated heterocycles. The first-order chi connectivity index (χ1) is 5.57. The highest BCUT2D eigenvalue weighted by atomic mass is 16.5. The van der Waals surface area contributed by atoms with Gasteiger partial charge in [-0.25, -0.2) is 0 Å². The third-order valence-electron chi connectivity index (χ3n) is 3.10. The van der Waals surface area contributed by atoms with Gasteiger partial charge in [-0.3, -0.25) is 0 Å². The van der Waals surface area contributed by atoms with Gasteiger partial charge in [0.1, 0.15) is 0 Å². The van der Waals surface area contributed by atoms with Crippen LogP contribution in [0.3, 0.4) is 0 Å². The van der Waals surface area contributed by atoms with Crippen LogP contribution >= 0.6 is 0 Å². The molecule has 0 amide bonds. The summed E-state index contributed by atoms with van der Waals surface area (Å²) in [7, 11) is 0. The number of hydrogen-bond acceptors (Lipinski definition) is 2. The highest BCUT2D eigenvalue weighted by molar-refractivity contribution is 4.88. The molecule has 1 aliphatic rings. The van der Waals surface area contributed by atoms with E-state index in [0.717, 1.165) is 13.0 Å². The maximum Gasteiger partial charge on any atom is 0.0697 e. The summed E-state index contributed by atoms with van der Waals surface area (Å²) in [6, 6.07) is 0.470. The van der Waals surface area contributed by atoms with E-state index < -0.39 is 0 Å². The molecule has 0 radical (unpaired) electrons. The second-order valence-corrected chi connectivity index (χ2v) is 4.17. The van der Waals surface area contributed by atoms with Crippen LogP contribution in [0.25, 0.3) is 0 Å². The Labute approximate surface area is 75.7 Å². The van der Waals surface area contributed by atoms with Gasteiger partial charge in [-0.15, -0.1) is 0 Å². The molecule has 72 valence electrons. The third kappa shape index (κ3) is 2.20. The van der Waals surface area contributed by atoms with Crippen LogP contribution in [0.15, 0.2) is 0 Å². The summed E-state index contributed by atoms with van der Waals surface area (Å²) in [6.07, 6.45) is 2.64. The summed E-state index contributed by atoms with van der Waals surface area (Å²) in [5.41, 5.74) is 0.282. The number of hydrogen-bond donors (Lipinski definition) is 1. The van der Waals surface area contributed by atoms with Crippen molar-refractivity contribution in [2.45, 2.75) is 58.2 Å². The normalized spacial score (nSPS) is 44.0. The number of nitrogens with one attached hydrogen (secondary N) is 1. The van der Waals surface area contributed by atoms with Crippen LogP contribution in [0.5, 0.6) is 0 Å². The van der Waals surface area contributed by atoms with Crippen molar-refractivity contribution in [2.24, 2.45) is 0 Å². The molecule has 0 saturated carbocycles. The first-order valence-electron chi connectivity index (χ1n) is 4.97. The van der Waals surface area contributed by atoms with E-state index in [2.05, 4.69) is 33.0 Å². The molecule has 1 heterocycles. The van der Waals surface area contributed by atoms with Crippen molar-refractivity contribution in [3.8, 4) is 0 Å². The van der Waals surface area contributed by atoms with Crippen molar-refractivity contribution in [1.82, 2.24) is 5.32 Å². The Morgan fingerprint density at radius 3 is 2.75 bits per heavy atom. The Bertz CT molecular complexity index is 149. The van der Waals surface area contributed by atoms with Crippen LogP contribution in [-0.4, -0.2) is 24.3 Å². The first kappa shape index (κ1) is 10.0. The summed E-state index contributed by atoms with van der Waals surface area (Å²) >= 11 is 0. The SMILES string of the molecule is CCC1(C)CCOC(C)C(C)N1. The van der Waals surface area contributed by atoms with E-state index in [1.165, 1.54) is 6.42 Å². The highest BCUT2D eigenvalue weighted by Crippen LogP contribution is 2.20. The van der Waals surface area contributed by atoms with Crippen LogP contribution in [0.2, 0.25) is 0 Å². The van der Waals surface area contributed by atoms with Crippen molar-refractivity contribution in [3.63, 3.8) is 0 Å². The Kier molecular flexibility index (Phi) is 3.13. The zero-order chi connectivity index (χ0) is 9.19. The van der Waals surface area contributed by atoms with E-state index in [0.29, 0.717) is 12.1 Å². The molecule has 0 aromatic rings. The molecule has 0 aromatic heterocycles. The van der Waals surface area contributed by atoms with Crippen molar-refractivity contribution in [1.29, 1.82) is 0 Å².